The number of benzene rings is 1. The maximum absolute atomic E-state index is 12.6. The highest BCUT2D eigenvalue weighted by molar-refractivity contribution is 5.81. The van der Waals surface area contributed by atoms with Gasteiger partial charge in [0.1, 0.15) is 0 Å². The Labute approximate surface area is 148 Å². The minimum Gasteiger partial charge on any atom is -0.466 e. The zero-order valence-electron chi connectivity index (χ0n) is 14.8. The molecule has 0 radical (unpaired) electrons. The number of fused-ring (bicyclic) bond motifs is 1. The number of ether oxygens (including phenoxy) is 1. The number of rotatable bonds is 9. The number of carbonyl (C=O) groups excluding carboxylic acids is 2. The highest BCUT2D eigenvalue weighted by atomic mass is 16.5. The quantitative estimate of drug-likeness (QED) is 0.711. The molecule has 0 spiro atoms. The molecule has 2 aromatic rings. The molecule has 5 heteroatoms. The fraction of sp³-hybridized carbons (Fsp3) is 0.500. The molecule has 134 valence electrons. The molecule has 3 rings (SSSR count). The van der Waals surface area contributed by atoms with Gasteiger partial charge in [0.25, 0.3) is 0 Å². The van der Waals surface area contributed by atoms with E-state index in [4.69, 9.17) is 4.74 Å². The maximum Gasteiger partial charge on any atom is 0.307 e. The van der Waals surface area contributed by atoms with Crippen LogP contribution in [0.1, 0.15) is 38.2 Å². The van der Waals surface area contributed by atoms with Crippen LogP contribution in [0.5, 0.6) is 0 Å². The lowest BCUT2D eigenvalue weighted by molar-refractivity contribution is -0.144. The molecule has 1 aliphatic carbocycles. The third-order valence-electron chi connectivity index (χ3n) is 4.66. The summed E-state index contributed by atoms with van der Waals surface area (Å²) in [5, 5.41) is 1.17. The van der Waals surface area contributed by atoms with Crippen LogP contribution in [-0.2, 0) is 20.7 Å². The van der Waals surface area contributed by atoms with Gasteiger partial charge in [-0.2, -0.15) is 0 Å². The van der Waals surface area contributed by atoms with E-state index in [-0.39, 0.29) is 18.3 Å². The fourth-order valence-electron chi connectivity index (χ4n) is 3.06. The number of aromatic amines is 1. The number of esters is 1. The Morgan fingerprint density at radius 2 is 2.08 bits per heavy atom. The Morgan fingerprint density at radius 1 is 1.24 bits per heavy atom. The summed E-state index contributed by atoms with van der Waals surface area (Å²) in [6, 6.07) is 8.29. The van der Waals surface area contributed by atoms with Crippen LogP contribution in [0.3, 0.4) is 0 Å². The van der Waals surface area contributed by atoms with E-state index in [1.807, 2.05) is 17.2 Å². The second-order valence-electron chi connectivity index (χ2n) is 6.74. The van der Waals surface area contributed by atoms with Crippen molar-refractivity contribution in [2.75, 3.05) is 19.7 Å². The Morgan fingerprint density at radius 3 is 2.84 bits per heavy atom. The average Bonchev–Trinajstić information content (AvgIpc) is 3.30. The van der Waals surface area contributed by atoms with Crippen molar-refractivity contribution in [3.8, 4) is 0 Å². The van der Waals surface area contributed by atoms with Crippen LogP contribution < -0.4 is 0 Å². The molecule has 1 aromatic carbocycles. The molecule has 25 heavy (non-hydrogen) atoms. The first-order chi connectivity index (χ1) is 12.2. The summed E-state index contributed by atoms with van der Waals surface area (Å²) in [6.45, 7) is 3.42. The van der Waals surface area contributed by atoms with Gasteiger partial charge >= 0.3 is 5.97 Å². The number of amides is 1. The van der Waals surface area contributed by atoms with Crippen molar-refractivity contribution >= 4 is 22.8 Å². The van der Waals surface area contributed by atoms with Gasteiger partial charge in [0.15, 0.2) is 0 Å². The lowest BCUT2D eigenvalue weighted by atomic mass is 10.1. The number of aromatic nitrogens is 1. The number of aryl methyl sites for hydroxylation is 1. The number of nitrogens with one attached hydrogen (secondary N) is 1. The van der Waals surface area contributed by atoms with E-state index in [9.17, 15) is 9.59 Å². The summed E-state index contributed by atoms with van der Waals surface area (Å²) in [6.07, 6.45) is 5.78. The minimum atomic E-state index is -0.228. The van der Waals surface area contributed by atoms with Crippen molar-refractivity contribution in [3.05, 3.63) is 36.0 Å². The van der Waals surface area contributed by atoms with Crippen molar-refractivity contribution in [2.45, 2.75) is 39.0 Å². The molecular weight excluding hydrogens is 316 g/mol. The third-order valence-corrected chi connectivity index (χ3v) is 4.66. The van der Waals surface area contributed by atoms with Gasteiger partial charge in [-0.3, -0.25) is 9.59 Å². The molecule has 0 bridgehead atoms. The maximum atomic E-state index is 12.6. The van der Waals surface area contributed by atoms with E-state index in [1.54, 1.807) is 6.92 Å². The van der Waals surface area contributed by atoms with E-state index in [2.05, 4.69) is 23.2 Å². The molecule has 1 fully saturated rings. The summed E-state index contributed by atoms with van der Waals surface area (Å²) in [5.74, 6) is 0.515. The van der Waals surface area contributed by atoms with Gasteiger partial charge in [-0.15, -0.1) is 0 Å². The van der Waals surface area contributed by atoms with Crippen LogP contribution in [0.2, 0.25) is 0 Å². The second-order valence-corrected chi connectivity index (χ2v) is 6.74. The van der Waals surface area contributed by atoms with E-state index in [0.29, 0.717) is 25.5 Å². The number of H-pyrrole nitrogens is 1. The lowest BCUT2D eigenvalue weighted by Crippen LogP contribution is -2.35. The molecule has 1 amide bonds. The molecule has 1 aromatic heterocycles. The van der Waals surface area contributed by atoms with Crippen LogP contribution in [0.25, 0.3) is 10.9 Å². The van der Waals surface area contributed by atoms with Crippen molar-refractivity contribution in [1.29, 1.82) is 0 Å². The smallest absolute Gasteiger partial charge is 0.307 e. The van der Waals surface area contributed by atoms with Crippen LogP contribution in [0, 0.1) is 5.92 Å². The fourth-order valence-corrected chi connectivity index (χ4v) is 3.06. The highest BCUT2D eigenvalue weighted by Gasteiger charge is 2.27. The summed E-state index contributed by atoms with van der Waals surface area (Å²) >= 11 is 0. The lowest BCUT2D eigenvalue weighted by Gasteiger charge is -2.22. The molecular formula is C20H26N2O3. The van der Waals surface area contributed by atoms with Crippen molar-refractivity contribution in [3.63, 3.8) is 0 Å². The van der Waals surface area contributed by atoms with Gasteiger partial charge in [-0.05, 0) is 61.3 Å². The van der Waals surface area contributed by atoms with E-state index in [0.717, 1.165) is 24.0 Å². The van der Waals surface area contributed by atoms with Gasteiger partial charge in [0.2, 0.25) is 5.91 Å². The molecule has 0 saturated heterocycles. The van der Waals surface area contributed by atoms with E-state index >= 15 is 0 Å². The first-order valence-electron chi connectivity index (χ1n) is 9.15. The first-order valence-corrected chi connectivity index (χ1v) is 9.15. The zero-order chi connectivity index (χ0) is 17.6. The van der Waals surface area contributed by atoms with Gasteiger partial charge in [0.05, 0.1) is 13.0 Å². The Balaban J connectivity index is 1.54. The summed E-state index contributed by atoms with van der Waals surface area (Å²) in [4.78, 5) is 29.2. The highest BCUT2D eigenvalue weighted by Crippen LogP contribution is 2.30. The standard InChI is InChI=1S/C20H26N2O3/c1-2-25-20(24)10-12-22(14-16-3-4-16)19(23)8-6-15-5-7-18-17(13-15)9-11-21-18/h5,7,9,11,13,16,21H,2-4,6,8,10,12,14H2,1H3. The first kappa shape index (κ1) is 17.5. The Kier molecular flexibility index (Phi) is 5.74. The normalized spacial score (nSPS) is 13.8. The predicted molar refractivity (Wildman–Crippen MR) is 97.2 cm³/mol. The second kappa shape index (κ2) is 8.19. The number of hydrogen-bond acceptors (Lipinski definition) is 3. The topological polar surface area (TPSA) is 62.4 Å². The largest absolute Gasteiger partial charge is 0.466 e. The van der Waals surface area contributed by atoms with E-state index < -0.39 is 0 Å². The molecule has 1 heterocycles. The van der Waals surface area contributed by atoms with Crippen molar-refractivity contribution in [2.24, 2.45) is 5.92 Å². The number of hydrogen-bond donors (Lipinski definition) is 1. The Hall–Kier alpha value is -2.30. The van der Waals surface area contributed by atoms with E-state index in [1.165, 1.54) is 18.2 Å². The molecule has 1 aliphatic rings. The molecule has 1 saturated carbocycles. The number of nitrogens with zero attached hydrogens (tertiary/aromatic N) is 1. The number of carbonyl (C=O) groups is 2. The van der Waals surface area contributed by atoms with Gasteiger partial charge in [-0.25, -0.2) is 0 Å². The average molecular weight is 342 g/mol. The SMILES string of the molecule is CCOC(=O)CCN(CC1CC1)C(=O)CCc1ccc2[nH]ccc2c1. The summed E-state index contributed by atoms with van der Waals surface area (Å²) in [7, 11) is 0. The van der Waals surface area contributed by atoms with Crippen LogP contribution in [-0.4, -0.2) is 41.5 Å². The van der Waals surface area contributed by atoms with Crippen LogP contribution in [0.4, 0.5) is 0 Å². The van der Waals surface area contributed by atoms with Gasteiger partial charge in [0, 0.05) is 31.2 Å². The summed E-state index contributed by atoms with van der Waals surface area (Å²) in [5.41, 5.74) is 2.28. The Bertz CT molecular complexity index is 733. The monoisotopic (exact) mass is 342 g/mol. The van der Waals surface area contributed by atoms with Crippen LogP contribution >= 0.6 is 0 Å². The van der Waals surface area contributed by atoms with Crippen molar-refractivity contribution < 1.29 is 14.3 Å². The van der Waals surface area contributed by atoms with Gasteiger partial charge < -0.3 is 14.6 Å². The molecule has 0 aliphatic heterocycles. The van der Waals surface area contributed by atoms with Crippen LogP contribution in [0.15, 0.2) is 30.5 Å². The molecule has 5 nitrogen and oxygen atoms in total. The molecule has 1 N–H and O–H groups in total. The summed E-state index contributed by atoms with van der Waals surface area (Å²) < 4.78 is 4.98. The predicted octanol–water partition coefficient (Wildman–Crippen LogP) is 3.29. The minimum absolute atomic E-state index is 0.130. The zero-order valence-corrected chi connectivity index (χ0v) is 14.8. The van der Waals surface area contributed by atoms with Gasteiger partial charge in [-0.1, -0.05) is 6.07 Å². The molecule has 0 unspecified atom stereocenters. The molecule has 0 atom stereocenters. The van der Waals surface area contributed by atoms with Crippen molar-refractivity contribution in [1.82, 2.24) is 9.88 Å². The third kappa shape index (κ3) is 5.08.